The molecule has 0 aromatic carbocycles. The molecule has 0 bridgehead atoms. The van der Waals surface area contributed by atoms with E-state index in [4.69, 9.17) is 11.2 Å². The van der Waals surface area contributed by atoms with Crippen molar-refractivity contribution in [2.45, 2.75) is 32.7 Å². The fraction of sp³-hybridized carbons (Fsp3) is 0.667. The first-order chi connectivity index (χ1) is 8.06. The molecule has 5 heteroatoms. The second-order valence-electron chi connectivity index (χ2n) is 3.83. The van der Waals surface area contributed by atoms with Crippen molar-refractivity contribution in [2.24, 2.45) is 0 Å². The number of amides is 2. The number of hydrogen-bond acceptors (Lipinski definition) is 3. The van der Waals surface area contributed by atoms with Crippen molar-refractivity contribution in [3.63, 3.8) is 0 Å². The van der Waals surface area contributed by atoms with Crippen LogP contribution < -0.4 is 10.6 Å². The molecule has 0 fully saturated rings. The highest BCUT2D eigenvalue weighted by atomic mass is 16.5. The molecule has 2 amide bonds. The van der Waals surface area contributed by atoms with Crippen LogP contribution in [0, 0.1) is 12.3 Å². The van der Waals surface area contributed by atoms with Crippen molar-refractivity contribution in [3.8, 4) is 12.3 Å². The van der Waals surface area contributed by atoms with Gasteiger partial charge >= 0.3 is 0 Å². The van der Waals surface area contributed by atoms with Gasteiger partial charge in [0.2, 0.25) is 11.8 Å². The molecule has 0 aromatic heterocycles. The van der Waals surface area contributed by atoms with E-state index >= 15 is 0 Å². The molecule has 0 heterocycles. The standard InChI is InChI=1S/C12H20N2O3/c1-4-8-17-9-6-11(15)13-7-5-12(16)14-10(2)3/h1,10H,5-9H2,2-3H3,(H,13,15)(H,14,16). The third-order valence-corrected chi connectivity index (χ3v) is 1.78. The van der Waals surface area contributed by atoms with Gasteiger partial charge in [0, 0.05) is 19.0 Å². The van der Waals surface area contributed by atoms with E-state index in [2.05, 4.69) is 16.6 Å². The van der Waals surface area contributed by atoms with Crippen LogP contribution in [0.1, 0.15) is 26.7 Å². The topological polar surface area (TPSA) is 67.4 Å². The smallest absolute Gasteiger partial charge is 0.222 e. The highest BCUT2D eigenvalue weighted by Gasteiger charge is 2.04. The maximum atomic E-state index is 11.2. The normalized spacial score (nSPS) is 9.76. The molecule has 0 unspecified atom stereocenters. The Kier molecular flexibility index (Phi) is 8.79. The number of rotatable bonds is 8. The van der Waals surface area contributed by atoms with Crippen LogP contribution >= 0.6 is 0 Å². The average Bonchev–Trinajstić information content (AvgIpc) is 2.23. The number of nitrogens with one attached hydrogen (secondary N) is 2. The lowest BCUT2D eigenvalue weighted by Crippen LogP contribution is -2.34. The maximum Gasteiger partial charge on any atom is 0.222 e. The van der Waals surface area contributed by atoms with Crippen molar-refractivity contribution in [1.82, 2.24) is 10.6 Å². The molecule has 17 heavy (non-hydrogen) atoms. The molecule has 0 radical (unpaired) electrons. The molecule has 2 N–H and O–H groups in total. The minimum atomic E-state index is -0.139. The molecular formula is C12H20N2O3. The zero-order chi connectivity index (χ0) is 13.1. The summed E-state index contributed by atoms with van der Waals surface area (Å²) < 4.78 is 4.96. The van der Waals surface area contributed by atoms with Gasteiger partial charge in [-0.15, -0.1) is 6.42 Å². The summed E-state index contributed by atoms with van der Waals surface area (Å²) in [7, 11) is 0. The Morgan fingerprint density at radius 1 is 1.29 bits per heavy atom. The molecule has 0 rings (SSSR count). The number of terminal acetylenes is 1. The molecule has 0 saturated heterocycles. The first kappa shape index (κ1) is 15.5. The Labute approximate surface area is 102 Å². The van der Waals surface area contributed by atoms with Gasteiger partial charge in [0.05, 0.1) is 13.0 Å². The van der Waals surface area contributed by atoms with Gasteiger partial charge in [0.1, 0.15) is 6.61 Å². The summed E-state index contributed by atoms with van der Waals surface area (Å²) in [6, 6.07) is 0.121. The third kappa shape index (κ3) is 10.7. The van der Waals surface area contributed by atoms with Gasteiger partial charge in [-0.25, -0.2) is 0 Å². The summed E-state index contributed by atoms with van der Waals surface area (Å²) in [5.74, 6) is 2.11. The first-order valence-corrected chi connectivity index (χ1v) is 5.63. The Balaban J connectivity index is 3.45. The lowest BCUT2D eigenvalue weighted by atomic mass is 10.3. The molecule has 0 aliphatic carbocycles. The monoisotopic (exact) mass is 240 g/mol. The van der Waals surface area contributed by atoms with Crippen LogP contribution in [-0.2, 0) is 14.3 Å². The van der Waals surface area contributed by atoms with E-state index in [1.165, 1.54) is 0 Å². The molecule has 96 valence electrons. The first-order valence-electron chi connectivity index (χ1n) is 5.63. The Morgan fingerprint density at radius 2 is 2.00 bits per heavy atom. The predicted octanol–water partition coefficient (Wildman–Crippen LogP) is 0.0572. The molecule has 0 aliphatic rings. The highest BCUT2D eigenvalue weighted by Crippen LogP contribution is 1.85. The lowest BCUT2D eigenvalue weighted by molar-refractivity contribution is -0.123. The molecule has 0 saturated carbocycles. The van der Waals surface area contributed by atoms with Crippen LogP contribution in [-0.4, -0.2) is 37.6 Å². The highest BCUT2D eigenvalue weighted by molar-refractivity contribution is 5.79. The van der Waals surface area contributed by atoms with Crippen LogP contribution in [0.25, 0.3) is 0 Å². The Morgan fingerprint density at radius 3 is 2.59 bits per heavy atom. The molecule has 5 nitrogen and oxygen atoms in total. The summed E-state index contributed by atoms with van der Waals surface area (Å²) >= 11 is 0. The van der Waals surface area contributed by atoms with E-state index in [-0.39, 0.29) is 37.3 Å². The molecular weight excluding hydrogens is 220 g/mol. The van der Waals surface area contributed by atoms with Gasteiger partial charge in [0.25, 0.3) is 0 Å². The summed E-state index contributed by atoms with van der Waals surface area (Å²) in [4.78, 5) is 22.5. The fourth-order valence-electron chi connectivity index (χ4n) is 1.09. The second-order valence-corrected chi connectivity index (χ2v) is 3.83. The van der Waals surface area contributed by atoms with Crippen LogP contribution in [0.2, 0.25) is 0 Å². The van der Waals surface area contributed by atoms with Crippen LogP contribution in [0.5, 0.6) is 0 Å². The molecule has 0 atom stereocenters. The van der Waals surface area contributed by atoms with E-state index in [0.29, 0.717) is 13.2 Å². The van der Waals surface area contributed by atoms with E-state index in [0.717, 1.165) is 0 Å². The van der Waals surface area contributed by atoms with E-state index in [1.54, 1.807) is 0 Å². The lowest BCUT2D eigenvalue weighted by Gasteiger charge is -2.08. The van der Waals surface area contributed by atoms with E-state index < -0.39 is 0 Å². The second kappa shape index (κ2) is 9.67. The number of hydrogen-bond donors (Lipinski definition) is 2. The van der Waals surface area contributed by atoms with Crippen LogP contribution in [0.15, 0.2) is 0 Å². The van der Waals surface area contributed by atoms with Gasteiger partial charge in [0.15, 0.2) is 0 Å². The number of ether oxygens (including phenoxy) is 1. The van der Waals surface area contributed by atoms with Crippen molar-refractivity contribution < 1.29 is 14.3 Å². The largest absolute Gasteiger partial charge is 0.368 e. The van der Waals surface area contributed by atoms with Crippen molar-refractivity contribution in [1.29, 1.82) is 0 Å². The average molecular weight is 240 g/mol. The predicted molar refractivity (Wildman–Crippen MR) is 65.2 cm³/mol. The van der Waals surface area contributed by atoms with Gasteiger partial charge in [-0.2, -0.15) is 0 Å². The summed E-state index contributed by atoms with van der Waals surface area (Å²) in [6.45, 7) is 4.63. The fourth-order valence-corrected chi connectivity index (χ4v) is 1.09. The van der Waals surface area contributed by atoms with E-state index in [9.17, 15) is 9.59 Å². The van der Waals surface area contributed by atoms with E-state index in [1.807, 2.05) is 13.8 Å². The minimum absolute atomic E-state index is 0.0659. The Bertz CT molecular complexity index is 282. The quantitative estimate of drug-likeness (QED) is 0.465. The molecule has 0 aliphatic heterocycles. The molecule has 0 aromatic rings. The summed E-state index contributed by atoms with van der Waals surface area (Å²) in [5, 5.41) is 5.37. The van der Waals surface area contributed by atoms with Crippen molar-refractivity contribution in [3.05, 3.63) is 0 Å². The zero-order valence-corrected chi connectivity index (χ0v) is 10.4. The SMILES string of the molecule is C#CCOCCC(=O)NCCC(=O)NC(C)C. The van der Waals surface area contributed by atoms with Gasteiger partial charge in [-0.1, -0.05) is 5.92 Å². The minimum Gasteiger partial charge on any atom is -0.368 e. The maximum absolute atomic E-state index is 11.2. The molecule has 0 spiro atoms. The number of carbonyl (C=O) groups is 2. The van der Waals surface area contributed by atoms with Gasteiger partial charge < -0.3 is 15.4 Å². The van der Waals surface area contributed by atoms with Gasteiger partial charge in [-0.05, 0) is 13.8 Å². The van der Waals surface area contributed by atoms with Crippen molar-refractivity contribution >= 4 is 11.8 Å². The van der Waals surface area contributed by atoms with Crippen LogP contribution in [0.4, 0.5) is 0 Å². The zero-order valence-electron chi connectivity index (χ0n) is 10.4. The van der Waals surface area contributed by atoms with Crippen molar-refractivity contribution in [2.75, 3.05) is 19.8 Å². The van der Waals surface area contributed by atoms with Gasteiger partial charge in [-0.3, -0.25) is 9.59 Å². The number of carbonyl (C=O) groups excluding carboxylic acids is 2. The Hall–Kier alpha value is -1.54. The third-order valence-electron chi connectivity index (χ3n) is 1.78. The summed E-state index contributed by atoms with van der Waals surface area (Å²) in [5.41, 5.74) is 0. The summed E-state index contributed by atoms with van der Waals surface area (Å²) in [6.07, 6.45) is 5.52. The van der Waals surface area contributed by atoms with Crippen LogP contribution in [0.3, 0.4) is 0 Å².